The molecule has 1 N–H and O–H groups in total. The lowest BCUT2D eigenvalue weighted by molar-refractivity contribution is -0.115. The summed E-state index contributed by atoms with van der Waals surface area (Å²) < 4.78 is 6.79. The quantitative estimate of drug-likeness (QED) is 0.791. The molecule has 3 heterocycles. The van der Waals surface area contributed by atoms with Gasteiger partial charge in [-0.25, -0.2) is 4.98 Å². The summed E-state index contributed by atoms with van der Waals surface area (Å²) in [7, 11) is 0. The monoisotopic (exact) mass is 270 g/mol. The average molecular weight is 270 g/mol. The molecule has 0 aromatic carbocycles. The summed E-state index contributed by atoms with van der Waals surface area (Å²) in [6.07, 6.45) is 3.98. The number of aromatic nitrogens is 3. The molecule has 0 bridgehead atoms. The van der Waals surface area contributed by atoms with Gasteiger partial charge in [0.05, 0.1) is 12.1 Å². The van der Waals surface area contributed by atoms with Crippen LogP contribution in [0, 0.1) is 13.8 Å². The molecule has 20 heavy (non-hydrogen) atoms. The molecule has 0 spiro atoms. The number of nitrogens with zero attached hydrogens (tertiary/aromatic N) is 3. The van der Waals surface area contributed by atoms with Gasteiger partial charge in [-0.1, -0.05) is 5.16 Å². The van der Waals surface area contributed by atoms with Crippen molar-refractivity contribution in [2.75, 3.05) is 5.32 Å². The Balaban J connectivity index is 1.73. The number of carbonyl (C=O) groups excluding carboxylic acids is 1. The van der Waals surface area contributed by atoms with Crippen molar-refractivity contribution in [3.05, 3.63) is 47.6 Å². The number of hydrogen-bond acceptors (Lipinski definition) is 4. The van der Waals surface area contributed by atoms with Crippen molar-refractivity contribution in [1.29, 1.82) is 0 Å². The highest BCUT2D eigenvalue weighted by atomic mass is 16.5. The van der Waals surface area contributed by atoms with E-state index in [9.17, 15) is 4.79 Å². The Kier molecular flexibility index (Phi) is 2.98. The maximum absolute atomic E-state index is 11.9. The average Bonchev–Trinajstić information content (AvgIpc) is 2.94. The number of fused-ring (bicyclic) bond motifs is 1. The topological polar surface area (TPSA) is 72.4 Å². The molecule has 0 atom stereocenters. The van der Waals surface area contributed by atoms with Gasteiger partial charge in [0, 0.05) is 18.5 Å². The van der Waals surface area contributed by atoms with Crippen LogP contribution in [0.1, 0.15) is 17.0 Å². The van der Waals surface area contributed by atoms with E-state index in [4.69, 9.17) is 4.52 Å². The van der Waals surface area contributed by atoms with Crippen LogP contribution < -0.4 is 5.32 Å². The Hall–Kier alpha value is -2.63. The summed E-state index contributed by atoms with van der Waals surface area (Å²) in [5, 5.41) is 6.39. The number of aryl methyl sites for hydroxylation is 2. The molecule has 0 fully saturated rings. The summed E-state index contributed by atoms with van der Waals surface area (Å²) in [6, 6.07) is 5.64. The number of pyridine rings is 1. The minimum atomic E-state index is -0.168. The van der Waals surface area contributed by atoms with E-state index in [0.29, 0.717) is 17.3 Å². The summed E-state index contributed by atoms with van der Waals surface area (Å²) in [4.78, 5) is 16.3. The van der Waals surface area contributed by atoms with Gasteiger partial charge < -0.3 is 14.2 Å². The third-order valence-corrected chi connectivity index (χ3v) is 2.90. The Morgan fingerprint density at radius 3 is 3.00 bits per heavy atom. The van der Waals surface area contributed by atoms with Crippen LogP contribution in [0.2, 0.25) is 0 Å². The Morgan fingerprint density at radius 1 is 1.40 bits per heavy atom. The normalized spacial score (nSPS) is 10.9. The SMILES string of the molecule is Cc1ccn2cc(CC(=O)Nc3cc(C)on3)nc2c1. The van der Waals surface area contributed by atoms with Crippen LogP contribution in [0.3, 0.4) is 0 Å². The molecule has 6 nitrogen and oxygen atoms in total. The molecule has 0 radical (unpaired) electrons. The van der Waals surface area contributed by atoms with Gasteiger partial charge in [0.2, 0.25) is 5.91 Å². The van der Waals surface area contributed by atoms with Crippen molar-refractivity contribution in [3.8, 4) is 0 Å². The lowest BCUT2D eigenvalue weighted by Gasteiger charge is -1.97. The van der Waals surface area contributed by atoms with E-state index in [1.54, 1.807) is 13.0 Å². The van der Waals surface area contributed by atoms with E-state index in [2.05, 4.69) is 15.5 Å². The minimum Gasteiger partial charge on any atom is -0.360 e. The highest BCUT2D eigenvalue weighted by molar-refractivity contribution is 5.91. The lowest BCUT2D eigenvalue weighted by atomic mass is 10.3. The number of rotatable bonds is 3. The maximum atomic E-state index is 11.9. The van der Waals surface area contributed by atoms with Crippen molar-refractivity contribution in [1.82, 2.24) is 14.5 Å². The highest BCUT2D eigenvalue weighted by Gasteiger charge is 2.10. The van der Waals surface area contributed by atoms with Crippen molar-refractivity contribution in [2.45, 2.75) is 20.3 Å². The first-order valence-corrected chi connectivity index (χ1v) is 6.27. The second-order valence-electron chi connectivity index (χ2n) is 4.75. The van der Waals surface area contributed by atoms with Gasteiger partial charge >= 0.3 is 0 Å². The second-order valence-corrected chi connectivity index (χ2v) is 4.75. The molecule has 0 unspecified atom stereocenters. The van der Waals surface area contributed by atoms with Crippen LogP contribution >= 0.6 is 0 Å². The number of carbonyl (C=O) groups is 1. The van der Waals surface area contributed by atoms with Gasteiger partial charge in [0.25, 0.3) is 0 Å². The van der Waals surface area contributed by atoms with Gasteiger partial charge in [-0.2, -0.15) is 0 Å². The van der Waals surface area contributed by atoms with Crippen LogP contribution in [0.5, 0.6) is 0 Å². The molecular weight excluding hydrogens is 256 g/mol. The zero-order valence-corrected chi connectivity index (χ0v) is 11.3. The molecule has 1 amide bonds. The predicted octanol–water partition coefficient (Wildman–Crippen LogP) is 2.12. The van der Waals surface area contributed by atoms with Gasteiger partial charge in [-0.3, -0.25) is 4.79 Å². The number of nitrogens with one attached hydrogen (secondary N) is 1. The largest absolute Gasteiger partial charge is 0.360 e. The van der Waals surface area contributed by atoms with Gasteiger partial charge in [0.15, 0.2) is 5.82 Å². The molecule has 102 valence electrons. The molecule has 0 aliphatic heterocycles. The van der Waals surface area contributed by atoms with Crippen LogP contribution in [0.15, 0.2) is 35.1 Å². The fraction of sp³-hybridized carbons (Fsp3) is 0.214. The number of imidazole rings is 1. The van der Waals surface area contributed by atoms with E-state index in [0.717, 1.165) is 11.2 Å². The van der Waals surface area contributed by atoms with Crippen molar-refractivity contribution >= 4 is 17.4 Å². The zero-order chi connectivity index (χ0) is 14.1. The fourth-order valence-electron chi connectivity index (χ4n) is 2.00. The number of anilines is 1. The fourth-order valence-corrected chi connectivity index (χ4v) is 2.00. The molecule has 3 aromatic rings. The molecule has 3 rings (SSSR count). The van der Waals surface area contributed by atoms with E-state index in [-0.39, 0.29) is 12.3 Å². The van der Waals surface area contributed by atoms with E-state index < -0.39 is 0 Å². The van der Waals surface area contributed by atoms with Crippen LogP contribution in [0.4, 0.5) is 5.82 Å². The first kappa shape index (κ1) is 12.4. The van der Waals surface area contributed by atoms with Crippen LogP contribution in [-0.2, 0) is 11.2 Å². The summed E-state index contributed by atoms with van der Waals surface area (Å²) >= 11 is 0. The predicted molar refractivity (Wildman–Crippen MR) is 73.5 cm³/mol. The molecule has 0 saturated carbocycles. The van der Waals surface area contributed by atoms with Gasteiger partial charge in [0.1, 0.15) is 11.4 Å². The number of amides is 1. The summed E-state index contributed by atoms with van der Waals surface area (Å²) in [5.41, 5.74) is 2.69. The third-order valence-electron chi connectivity index (χ3n) is 2.90. The minimum absolute atomic E-state index is 0.168. The van der Waals surface area contributed by atoms with E-state index in [1.165, 1.54) is 0 Å². The first-order valence-electron chi connectivity index (χ1n) is 6.27. The zero-order valence-electron chi connectivity index (χ0n) is 11.3. The van der Waals surface area contributed by atoms with Crippen molar-refractivity contribution in [2.24, 2.45) is 0 Å². The Morgan fingerprint density at radius 2 is 2.25 bits per heavy atom. The van der Waals surface area contributed by atoms with Crippen LogP contribution in [-0.4, -0.2) is 20.4 Å². The summed E-state index contributed by atoms with van der Waals surface area (Å²) in [6.45, 7) is 3.78. The lowest BCUT2D eigenvalue weighted by Crippen LogP contribution is -2.14. The second kappa shape index (κ2) is 4.80. The standard InChI is InChI=1S/C14H14N4O2/c1-9-3-4-18-8-11(15-13(18)5-9)7-14(19)16-12-6-10(2)20-17-12/h3-6,8H,7H2,1-2H3,(H,16,17,19). The van der Waals surface area contributed by atoms with Gasteiger partial charge in [-0.05, 0) is 31.5 Å². The number of hydrogen-bond donors (Lipinski definition) is 1. The highest BCUT2D eigenvalue weighted by Crippen LogP contribution is 2.10. The van der Waals surface area contributed by atoms with Crippen molar-refractivity contribution < 1.29 is 9.32 Å². The van der Waals surface area contributed by atoms with Gasteiger partial charge in [-0.15, -0.1) is 0 Å². The molecule has 0 aliphatic rings. The Bertz CT molecular complexity index is 772. The molecule has 6 heteroatoms. The Labute approximate surface area is 115 Å². The molecule has 0 aliphatic carbocycles. The maximum Gasteiger partial charge on any atom is 0.231 e. The molecular formula is C14H14N4O2. The van der Waals surface area contributed by atoms with E-state index >= 15 is 0 Å². The van der Waals surface area contributed by atoms with Crippen LogP contribution in [0.25, 0.3) is 5.65 Å². The molecule has 0 saturated heterocycles. The summed E-state index contributed by atoms with van der Waals surface area (Å²) in [5.74, 6) is 0.911. The molecule has 3 aromatic heterocycles. The smallest absolute Gasteiger partial charge is 0.231 e. The first-order chi connectivity index (χ1) is 9.60. The third kappa shape index (κ3) is 2.54. The van der Waals surface area contributed by atoms with Crippen molar-refractivity contribution in [3.63, 3.8) is 0 Å². The van der Waals surface area contributed by atoms with E-state index in [1.807, 2.05) is 35.9 Å².